The number of likely N-dealkylation sites (N-methyl/N-ethyl adjacent to an activating group) is 1. The number of nitrogens with zero attached hydrogens (tertiary/aromatic N) is 1. The minimum Gasteiger partial charge on any atom is -0.375 e. The first-order valence-corrected chi connectivity index (χ1v) is 6.35. The van der Waals surface area contributed by atoms with Crippen LogP contribution in [0.4, 0.5) is 5.69 Å². The molecule has 1 atom stereocenters. The Balaban J connectivity index is 2.74. The number of nitrogens with two attached hydrogens (primary N) is 1. The Bertz CT molecular complexity index is 328. The van der Waals surface area contributed by atoms with Crippen molar-refractivity contribution in [2.24, 2.45) is 5.73 Å². The molecule has 1 aromatic carbocycles. The van der Waals surface area contributed by atoms with Crippen LogP contribution in [0.1, 0.15) is 19.4 Å². The highest BCUT2D eigenvalue weighted by atomic mass is 16.5. The van der Waals surface area contributed by atoms with Gasteiger partial charge in [-0.3, -0.25) is 0 Å². The molecule has 0 aliphatic carbocycles. The summed E-state index contributed by atoms with van der Waals surface area (Å²) in [6.07, 6.45) is 0.111. The van der Waals surface area contributed by atoms with Crippen molar-refractivity contribution in [3.63, 3.8) is 0 Å². The first-order chi connectivity index (χ1) is 8.22. The summed E-state index contributed by atoms with van der Waals surface area (Å²) in [6.45, 7) is 9.40. The first-order valence-electron chi connectivity index (χ1n) is 6.35. The average Bonchev–Trinajstić information content (AvgIpc) is 2.35. The maximum absolute atomic E-state index is 5.73. The summed E-state index contributed by atoms with van der Waals surface area (Å²) in [5.74, 6) is 0. The third kappa shape index (κ3) is 4.02. The normalized spacial score (nSPS) is 12.5. The predicted molar refractivity (Wildman–Crippen MR) is 73.5 cm³/mol. The zero-order chi connectivity index (χ0) is 12.7. The van der Waals surface area contributed by atoms with Crippen LogP contribution in [-0.4, -0.2) is 32.3 Å². The number of rotatable bonds is 7. The van der Waals surface area contributed by atoms with Crippen molar-refractivity contribution >= 4 is 5.69 Å². The van der Waals surface area contributed by atoms with Crippen LogP contribution in [0.5, 0.6) is 0 Å². The Labute approximate surface area is 105 Å². The number of benzene rings is 1. The fourth-order valence-electron chi connectivity index (χ4n) is 1.99. The number of para-hydroxylation sites is 1. The zero-order valence-corrected chi connectivity index (χ0v) is 11.1. The van der Waals surface area contributed by atoms with E-state index in [-0.39, 0.29) is 6.10 Å². The quantitative estimate of drug-likeness (QED) is 0.788. The average molecular weight is 236 g/mol. The predicted octanol–water partition coefficient (Wildman–Crippen LogP) is 2.19. The van der Waals surface area contributed by atoms with Crippen LogP contribution in [0, 0.1) is 6.92 Å². The molecule has 0 fully saturated rings. The maximum atomic E-state index is 5.73. The van der Waals surface area contributed by atoms with E-state index in [1.54, 1.807) is 0 Å². The van der Waals surface area contributed by atoms with Crippen molar-refractivity contribution in [3.05, 3.63) is 29.8 Å². The summed E-state index contributed by atoms with van der Waals surface area (Å²) in [5, 5.41) is 0. The van der Waals surface area contributed by atoms with Crippen LogP contribution in [0.25, 0.3) is 0 Å². The molecule has 0 heterocycles. The summed E-state index contributed by atoms with van der Waals surface area (Å²) in [6, 6.07) is 8.42. The van der Waals surface area contributed by atoms with Gasteiger partial charge in [0.1, 0.15) is 0 Å². The van der Waals surface area contributed by atoms with Crippen molar-refractivity contribution in [1.82, 2.24) is 0 Å². The van der Waals surface area contributed by atoms with Crippen molar-refractivity contribution in [3.8, 4) is 0 Å². The maximum Gasteiger partial charge on any atom is 0.0871 e. The van der Waals surface area contributed by atoms with E-state index >= 15 is 0 Å². The topological polar surface area (TPSA) is 38.5 Å². The van der Waals surface area contributed by atoms with E-state index < -0.39 is 0 Å². The van der Waals surface area contributed by atoms with Gasteiger partial charge in [-0.1, -0.05) is 18.2 Å². The number of hydrogen-bond acceptors (Lipinski definition) is 3. The molecule has 0 saturated carbocycles. The van der Waals surface area contributed by atoms with Gasteiger partial charge in [0.25, 0.3) is 0 Å². The minimum atomic E-state index is 0.111. The summed E-state index contributed by atoms with van der Waals surface area (Å²) >= 11 is 0. The standard InChI is InChI=1S/C14H24N2O/c1-4-16(11-13(10-15)17-5-2)14-9-7-6-8-12(14)3/h6-9,13H,4-5,10-11,15H2,1-3H3. The van der Waals surface area contributed by atoms with E-state index in [4.69, 9.17) is 10.5 Å². The molecule has 0 aliphatic heterocycles. The molecule has 0 saturated heterocycles. The molecule has 3 heteroatoms. The third-order valence-corrected chi connectivity index (χ3v) is 2.93. The summed E-state index contributed by atoms with van der Waals surface area (Å²) < 4.78 is 5.62. The van der Waals surface area contributed by atoms with Crippen molar-refractivity contribution in [2.75, 3.05) is 31.1 Å². The van der Waals surface area contributed by atoms with Gasteiger partial charge in [0, 0.05) is 31.9 Å². The van der Waals surface area contributed by atoms with Gasteiger partial charge in [-0.15, -0.1) is 0 Å². The summed E-state index contributed by atoms with van der Waals surface area (Å²) in [5.41, 5.74) is 8.29. The van der Waals surface area contributed by atoms with Gasteiger partial charge in [0.15, 0.2) is 0 Å². The summed E-state index contributed by atoms with van der Waals surface area (Å²) in [4.78, 5) is 2.32. The van der Waals surface area contributed by atoms with Crippen LogP contribution in [0.2, 0.25) is 0 Å². The van der Waals surface area contributed by atoms with Crippen LogP contribution in [-0.2, 0) is 4.74 Å². The monoisotopic (exact) mass is 236 g/mol. The lowest BCUT2D eigenvalue weighted by molar-refractivity contribution is 0.0738. The Morgan fingerprint density at radius 3 is 2.53 bits per heavy atom. The van der Waals surface area contributed by atoms with Crippen LogP contribution in [0.15, 0.2) is 24.3 Å². The van der Waals surface area contributed by atoms with E-state index in [1.165, 1.54) is 11.3 Å². The number of ether oxygens (including phenoxy) is 1. The molecule has 0 aromatic heterocycles. The van der Waals surface area contributed by atoms with Crippen molar-refractivity contribution in [1.29, 1.82) is 0 Å². The molecular weight excluding hydrogens is 212 g/mol. The van der Waals surface area contributed by atoms with Crippen LogP contribution >= 0.6 is 0 Å². The number of hydrogen-bond donors (Lipinski definition) is 1. The molecule has 0 radical (unpaired) electrons. The Hall–Kier alpha value is -1.06. The third-order valence-electron chi connectivity index (χ3n) is 2.93. The second-order valence-electron chi connectivity index (χ2n) is 4.14. The molecule has 3 nitrogen and oxygen atoms in total. The Morgan fingerprint density at radius 2 is 2.00 bits per heavy atom. The van der Waals surface area contributed by atoms with Crippen LogP contribution < -0.4 is 10.6 Å². The van der Waals surface area contributed by atoms with Crippen molar-refractivity contribution < 1.29 is 4.74 Å². The highest BCUT2D eigenvalue weighted by molar-refractivity contribution is 5.52. The van der Waals surface area contributed by atoms with E-state index in [2.05, 4.69) is 43.0 Å². The van der Waals surface area contributed by atoms with E-state index in [1.807, 2.05) is 6.92 Å². The molecular formula is C14H24N2O. The molecule has 1 unspecified atom stereocenters. The summed E-state index contributed by atoms with van der Waals surface area (Å²) in [7, 11) is 0. The van der Waals surface area contributed by atoms with E-state index in [0.29, 0.717) is 13.2 Å². The van der Waals surface area contributed by atoms with Gasteiger partial charge >= 0.3 is 0 Å². The Morgan fingerprint density at radius 1 is 1.29 bits per heavy atom. The molecule has 17 heavy (non-hydrogen) atoms. The lowest BCUT2D eigenvalue weighted by atomic mass is 10.1. The molecule has 1 rings (SSSR count). The van der Waals surface area contributed by atoms with Crippen LogP contribution in [0.3, 0.4) is 0 Å². The lowest BCUT2D eigenvalue weighted by Crippen LogP contribution is -2.38. The van der Waals surface area contributed by atoms with Gasteiger partial charge in [-0.2, -0.15) is 0 Å². The molecule has 0 spiro atoms. The van der Waals surface area contributed by atoms with Gasteiger partial charge in [-0.05, 0) is 32.4 Å². The van der Waals surface area contributed by atoms with E-state index in [0.717, 1.165) is 13.1 Å². The lowest BCUT2D eigenvalue weighted by Gasteiger charge is -2.28. The molecule has 0 amide bonds. The molecule has 1 aromatic rings. The van der Waals surface area contributed by atoms with Gasteiger partial charge in [-0.25, -0.2) is 0 Å². The first kappa shape index (κ1) is 14.0. The minimum absolute atomic E-state index is 0.111. The molecule has 0 aliphatic rings. The molecule has 0 bridgehead atoms. The highest BCUT2D eigenvalue weighted by Gasteiger charge is 2.13. The van der Waals surface area contributed by atoms with Gasteiger partial charge < -0.3 is 15.4 Å². The number of aryl methyl sites for hydroxylation is 1. The number of anilines is 1. The van der Waals surface area contributed by atoms with Crippen molar-refractivity contribution in [2.45, 2.75) is 26.9 Å². The van der Waals surface area contributed by atoms with E-state index in [9.17, 15) is 0 Å². The van der Waals surface area contributed by atoms with Gasteiger partial charge in [0.05, 0.1) is 6.10 Å². The largest absolute Gasteiger partial charge is 0.375 e. The van der Waals surface area contributed by atoms with Gasteiger partial charge in [0.2, 0.25) is 0 Å². The SMILES string of the molecule is CCOC(CN)CN(CC)c1ccccc1C. The second kappa shape index (κ2) is 7.30. The zero-order valence-electron chi connectivity index (χ0n) is 11.1. The smallest absolute Gasteiger partial charge is 0.0871 e. The Kier molecular flexibility index (Phi) is 6.01. The fraction of sp³-hybridized carbons (Fsp3) is 0.571. The fourth-order valence-corrected chi connectivity index (χ4v) is 1.99. The highest BCUT2D eigenvalue weighted by Crippen LogP contribution is 2.19. The molecule has 96 valence electrons. The molecule has 2 N–H and O–H groups in total. The second-order valence-corrected chi connectivity index (χ2v) is 4.14.